The second-order valence-corrected chi connectivity index (χ2v) is 4.16. The summed E-state index contributed by atoms with van der Waals surface area (Å²) in [6.45, 7) is 0.646. The third-order valence-corrected chi connectivity index (χ3v) is 2.77. The highest BCUT2D eigenvalue weighted by molar-refractivity contribution is 5.50. The van der Waals surface area contributed by atoms with E-state index >= 15 is 0 Å². The van der Waals surface area contributed by atoms with Gasteiger partial charge in [-0.05, 0) is 6.07 Å². The lowest BCUT2D eigenvalue weighted by atomic mass is 10.1. The zero-order valence-electron chi connectivity index (χ0n) is 12.4. The van der Waals surface area contributed by atoms with Crippen LogP contribution in [0.1, 0.15) is 5.56 Å². The van der Waals surface area contributed by atoms with E-state index in [4.69, 9.17) is 18.9 Å². The molecule has 5 nitrogen and oxygen atoms in total. The number of hydrogen-bond acceptors (Lipinski definition) is 5. The van der Waals surface area contributed by atoms with E-state index in [0.717, 1.165) is 5.56 Å². The molecule has 0 spiro atoms. The summed E-state index contributed by atoms with van der Waals surface area (Å²) in [6.07, 6.45) is -2.43. The van der Waals surface area contributed by atoms with Gasteiger partial charge in [0.2, 0.25) is 0 Å². The van der Waals surface area contributed by atoms with Crippen LogP contribution >= 0.6 is 0 Å². The second kappa shape index (κ2) is 9.36. The monoisotopic (exact) mass is 305 g/mol. The molecule has 0 atom stereocenters. The van der Waals surface area contributed by atoms with Crippen molar-refractivity contribution < 1.29 is 27.7 Å². The average Bonchev–Trinajstić information content (AvgIpc) is 2.49. The number of hydrogen-bond donors (Lipinski definition) is 1. The van der Waals surface area contributed by atoms with Gasteiger partial charge in [0.25, 0.3) is 6.43 Å². The van der Waals surface area contributed by atoms with Crippen molar-refractivity contribution in [2.45, 2.75) is 13.0 Å². The Hall–Kier alpha value is -1.60. The van der Waals surface area contributed by atoms with Crippen LogP contribution in [0.5, 0.6) is 17.2 Å². The lowest BCUT2D eigenvalue weighted by Crippen LogP contribution is -2.21. The van der Waals surface area contributed by atoms with Gasteiger partial charge in [-0.25, -0.2) is 8.78 Å². The summed E-state index contributed by atoms with van der Waals surface area (Å²) < 4.78 is 44.3. The van der Waals surface area contributed by atoms with Gasteiger partial charge in [-0.15, -0.1) is 0 Å². The van der Waals surface area contributed by atoms with E-state index in [1.54, 1.807) is 27.4 Å². The molecule has 1 aromatic rings. The average molecular weight is 305 g/mol. The van der Waals surface area contributed by atoms with Crippen molar-refractivity contribution in [1.82, 2.24) is 5.32 Å². The fourth-order valence-corrected chi connectivity index (χ4v) is 1.77. The maximum Gasteiger partial charge on any atom is 0.261 e. The Labute approximate surface area is 123 Å². The summed E-state index contributed by atoms with van der Waals surface area (Å²) in [5, 5.41) is 3.09. The van der Waals surface area contributed by atoms with Crippen LogP contribution in [0.25, 0.3) is 0 Å². The van der Waals surface area contributed by atoms with Gasteiger partial charge in [0.05, 0.1) is 27.9 Å². The SMILES string of the molecule is COc1cc(OC)c(OC)cc1CNCCOCC(F)F. The molecule has 0 saturated carbocycles. The molecule has 1 aromatic carbocycles. The molecule has 1 rings (SSSR count). The lowest BCUT2D eigenvalue weighted by Gasteiger charge is -2.14. The van der Waals surface area contributed by atoms with E-state index in [1.807, 2.05) is 6.07 Å². The van der Waals surface area contributed by atoms with Crippen LogP contribution in [-0.4, -0.2) is 47.5 Å². The lowest BCUT2D eigenvalue weighted by molar-refractivity contribution is 0.0187. The third-order valence-electron chi connectivity index (χ3n) is 2.77. The molecule has 0 bridgehead atoms. The molecule has 0 aliphatic heterocycles. The summed E-state index contributed by atoms with van der Waals surface area (Å²) in [5.41, 5.74) is 0.879. The third kappa shape index (κ3) is 5.73. The number of halogens is 2. The predicted octanol–water partition coefficient (Wildman–Crippen LogP) is 2.08. The molecular weight excluding hydrogens is 284 g/mol. The first-order chi connectivity index (χ1) is 10.1. The normalized spacial score (nSPS) is 10.8. The van der Waals surface area contributed by atoms with E-state index in [2.05, 4.69) is 5.32 Å². The molecule has 0 aromatic heterocycles. The van der Waals surface area contributed by atoms with Gasteiger partial charge in [-0.2, -0.15) is 0 Å². The summed E-state index contributed by atoms with van der Waals surface area (Å²) >= 11 is 0. The van der Waals surface area contributed by atoms with Crippen molar-refractivity contribution in [3.05, 3.63) is 17.7 Å². The number of benzene rings is 1. The molecule has 0 saturated heterocycles. The topological polar surface area (TPSA) is 49.0 Å². The summed E-state index contributed by atoms with van der Waals surface area (Å²) in [6, 6.07) is 3.55. The van der Waals surface area contributed by atoms with Gasteiger partial charge in [0.15, 0.2) is 11.5 Å². The van der Waals surface area contributed by atoms with E-state index in [-0.39, 0.29) is 6.61 Å². The molecule has 7 heteroatoms. The standard InChI is InChI=1S/C14H21F2NO4/c1-18-11-7-13(20-3)12(19-2)6-10(11)8-17-4-5-21-9-14(15)16/h6-7,14,17H,4-5,8-9H2,1-3H3. The zero-order chi connectivity index (χ0) is 15.7. The molecule has 21 heavy (non-hydrogen) atoms. The second-order valence-electron chi connectivity index (χ2n) is 4.16. The Balaban J connectivity index is 2.53. The molecule has 0 unspecified atom stereocenters. The van der Waals surface area contributed by atoms with Crippen LogP contribution in [0.15, 0.2) is 12.1 Å². The Kier molecular flexibility index (Phi) is 7.78. The number of ether oxygens (including phenoxy) is 4. The summed E-state index contributed by atoms with van der Waals surface area (Å²) in [4.78, 5) is 0. The van der Waals surface area contributed by atoms with Crippen molar-refractivity contribution in [1.29, 1.82) is 0 Å². The van der Waals surface area contributed by atoms with Crippen molar-refractivity contribution in [2.75, 3.05) is 41.1 Å². The summed E-state index contributed by atoms with van der Waals surface area (Å²) in [5.74, 6) is 1.84. The Bertz CT molecular complexity index is 430. The van der Waals surface area contributed by atoms with Gasteiger partial charge in [0.1, 0.15) is 12.4 Å². The fourth-order valence-electron chi connectivity index (χ4n) is 1.77. The minimum atomic E-state index is -2.43. The molecule has 120 valence electrons. The first kappa shape index (κ1) is 17.5. The predicted molar refractivity (Wildman–Crippen MR) is 74.6 cm³/mol. The van der Waals surface area contributed by atoms with E-state index in [9.17, 15) is 8.78 Å². The molecule has 0 amide bonds. The van der Waals surface area contributed by atoms with Gasteiger partial charge in [0, 0.05) is 24.7 Å². The molecular formula is C14H21F2NO4. The highest BCUT2D eigenvalue weighted by atomic mass is 19.3. The largest absolute Gasteiger partial charge is 0.496 e. The van der Waals surface area contributed by atoms with Gasteiger partial charge < -0.3 is 24.3 Å². The van der Waals surface area contributed by atoms with Gasteiger partial charge >= 0.3 is 0 Å². The summed E-state index contributed by atoms with van der Waals surface area (Å²) in [7, 11) is 4.67. The molecule has 0 radical (unpaired) electrons. The fraction of sp³-hybridized carbons (Fsp3) is 0.571. The molecule has 0 heterocycles. The zero-order valence-corrected chi connectivity index (χ0v) is 12.4. The molecule has 1 N–H and O–H groups in total. The Morgan fingerprint density at radius 2 is 1.62 bits per heavy atom. The Morgan fingerprint density at radius 3 is 2.19 bits per heavy atom. The number of rotatable bonds is 10. The van der Waals surface area contributed by atoms with Crippen molar-refractivity contribution >= 4 is 0 Å². The molecule has 0 fully saturated rings. The van der Waals surface area contributed by atoms with E-state index in [1.165, 1.54) is 0 Å². The minimum Gasteiger partial charge on any atom is -0.496 e. The van der Waals surface area contributed by atoms with Crippen LogP contribution < -0.4 is 19.5 Å². The van der Waals surface area contributed by atoms with Crippen LogP contribution in [0.2, 0.25) is 0 Å². The first-order valence-corrected chi connectivity index (χ1v) is 6.47. The number of alkyl halides is 2. The maximum absolute atomic E-state index is 11.9. The highest BCUT2D eigenvalue weighted by Crippen LogP contribution is 2.34. The van der Waals surface area contributed by atoms with Crippen LogP contribution in [0.3, 0.4) is 0 Å². The van der Waals surface area contributed by atoms with Crippen LogP contribution in [0.4, 0.5) is 8.78 Å². The van der Waals surface area contributed by atoms with Crippen LogP contribution in [-0.2, 0) is 11.3 Å². The van der Waals surface area contributed by atoms with E-state index in [0.29, 0.717) is 30.3 Å². The Morgan fingerprint density at radius 1 is 1.00 bits per heavy atom. The van der Waals surface area contributed by atoms with Crippen molar-refractivity contribution in [2.24, 2.45) is 0 Å². The highest BCUT2D eigenvalue weighted by Gasteiger charge is 2.11. The van der Waals surface area contributed by atoms with E-state index < -0.39 is 13.0 Å². The van der Waals surface area contributed by atoms with Gasteiger partial charge in [-0.1, -0.05) is 0 Å². The van der Waals surface area contributed by atoms with Crippen LogP contribution in [0, 0.1) is 0 Å². The van der Waals surface area contributed by atoms with Gasteiger partial charge in [-0.3, -0.25) is 0 Å². The first-order valence-electron chi connectivity index (χ1n) is 6.47. The number of methoxy groups -OCH3 is 3. The molecule has 0 aliphatic carbocycles. The van der Waals surface area contributed by atoms with Crippen molar-refractivity contribution in [3.8, 4) is 17.2 Å². The van der Waals surface area contributed by atoms with Crippen molar-refractivity contribution in [3.63, 3.8) is 0 Å². The molecule has 0 aliphatic rings. The number of nitrogens with one attached hydrogen (secondary N) is 1. The maximum atomic E-state index is 11.9. The quantitative estimate of drug-likeness (QED) is 0.671. The minimum absolute atomic E-state index is 0.222. The smallest absolute Gasteiger partial charge is 0.261 e.